The Morgan fingerprint density at radius 3 is 1.53 bits per heavy atom. The molecule has 0 saturated carbocycles. The quantitative estimate of drug-likeness (QED) is 0.157. The maximum atomic E-state index is 2.49. The molecule has 0 radical (unpaired) electrons. The maximum Gasteiger partial charge on any atom is 0.0640 e. The molecule has 1 nitrogen and oxygen atoms in total. The first-order chi connectivity index (χ1) is 28.7. The van der Waals surface area contributed by atoms with Gasteiger partial charge in [0.15, 0.2) is 0 Å². The van der Waals surface area contributed by atoms with Crippen molar-refractivity contribution < 1.29 is 0 Å². The van der Waals surface area contributed by atoms with Gasteiger partial charge in [0.05, 0.1) is 16.1 Å². The molecule has 10 aromatic carbocycles. The number of benzene rings is 10. The van der Waals surface area contributed by atoms with Crippen LogP contribution in [0.3, 0.4) is 0 Å². The summed E-state index contributed by atoms with van der Waals surface area (Å²) in [6, 6.07) is 82.1. The summed E-state index contributed by atoms with van der Waals surface area (Å²) in [6.45, 7) is 0. The van der Waals surface area contributed by atoms with Crippen LogP contribution in [0, 0.1) is 0 Å². The summed E-state index contributed by atoms with van der Waals surface area (Å²) in [5.74, 6) is 0. The molecule has 272 valence electrons. The second kappa shape index (κ2) is 14.4. The average Bonchev–Trinajstić information content (AvgIpc) is 3.69. The Labute approximate surface area is 342 Å². The second-order valence-electron chi connectivity index (χ2n) is 14.9. The van der Waals surface area contributed by atoms with Gasteiger partial charge in [-0.05, 0) is 109 Å². The monoisotopic (exact) mass is 755 g/mol. The van der Waals surface area contributed by atoms with E-state index < -0.39 is 0 Å². The molecule has 1 aromatic heterocycles. The summed E-state index contributed by atoms with van der Waals surface area (Å²) in [5, 5.41) is 7.56. The molecule has 0 bridgehead atoms. The number of fused-ring (bicyclic) bond motifs is 5. The van der Waals surface area contributed by atoms with E-state index in [0.717, 1.165) is 17.1 Å². The third-order valence-electron chi connectivity index (χ3n) is 11.4. The molecule has 0 amide bonds. The van der Waals surface area contributed by atoms with Crippen LogP contribution < -0.4 is 4.90 Å². The molecular weight excluding hydrogens is 719 g/mol. The standard InChI is InChI=1S/C56H37NS/c1-2-14-41(15-3-1)50-33-30-48(47-27-25-39-13-5-7-17-43(39)36-47)37-54(50)57(53-22-11-21-52-51-20-8-9-23-55(51)58-56(52)53)49-31-28-40(29-32-49)44-18-10-19-45(34-44)46-26-24-38-12-4-6-16-42(38)35-46/h1-37H. The Balaban J connectivity index is 1.09. The van der Waals surface area contributed by atoms with Gasteiger partial charge < -0.3 is 4.90 Å². The normalized spacial score (nSPS) is 11.4. The molecule has 0 aliphatic rings. The van der Waals surface area contributed by atoms with Gasteiger partial charge in [-0.1, -0.05) is 176 Å². The highest BCUT2D eigenvalue weighted by atomic mass is 32.1. The zero-order valence-electron chi connectivity index (χ0n) is 31.7. The van der Waals surface area contributed by atoms with E-state index in [4.69, 9.17) is 0 Å². The summed E-state index contributed by atoms with van der Waals surface area (Å²) in [5.41, 5.74) is 12.9. The summed E-state index contributed by atoms with van der Waals surface area (Å²) >= 11 is 1.87. The van der Waals surface area contributed by atoms with Gasteiger partial charge in [0.2, 0.25) is 0 Å². The predicted molar refractivity (Wildman–Crippen MR) is 251 cm³/mol. The number of anilines is 3. The molecule has 0 fully saturated rings. The van der Waals surface area contributed by atoms with E-state index in [1.165, 1.54) is 86.2 Å². The van der Waals surface area contributed by atoms with E-state index in [0.29, 0.717) is 0 Å². The van der Waals surface area contributed by atoms with Crippen LogP contribution in [-0.2, 0) is 0 Å². The van der Waals surface area contributed by atoms with Gasteiger partial charge in [0.25, 0.3) is 0 Å². The lowest BCUT2D eigenvalue weighted by molar-refractivity contribution is 1.30. The van der Waals surface area contributed by atoms with Crippen molar-refractivity contribution in [1.82, 2.24) is 0 Å². The summed E-state index contributed by atoms with van der Waals surface area (Å²) in [7, 11) is 0. The van der Waals surface area contributed by atoms with Crippen molar-refractivity contribution in [3.05, 3.63) is 224 Å². The van der Waals surface area contributed by atoms with Crippen LogP contribution in [0.25, 0.3) is 86.2 Å². The fourth-order valence-corrected chi connectivity index (χ4v) is 9.70. The van der Waals surface area contributed by atoms with Crippen LogP contribution in [0.5, 0.6) is 0 Å². The minimum absolute atomic E-state index is 1.10. The van der Waals surface area contributed by atoms with Gasteiger partial charge in [-0.15, -0.1) is 11.3 Å². The van der Waals surface area contributed by atoms with Gasteiger partial charge in [-0.3, -0.25) is 0 Å². The van der Waals surface area contributed by atoms with Crippen LogP contribution in [0.15, 0.2) is 224 Å². The van der Waals surface area contributed by atoms with Gasteiger partial charge >= 0.3 is 0 Å². The Morgan fingerprint density at radius 1 is 0.293 bits per heavy atom. The Bertz CT molecular complexity index is 3290. The molecule has 58 heavy (non-hydrogen) atoms. The maximum absolute atomic E-state index is 2.49. The first-order valence-electron chi connectivity index (χ1n) is 19.8. The van der Waals surface area contributed by atoms with E-state index in [1.807, 2.05) is 11.3 Å². The molecule has 0 spiro atoms. The largest absolute Gasteiger partial charge is 0.308 e. The van der Waals surface area contributed by atoms with E-state index in [9.17, 15) is 0 Å². The van der Waals surface area contributed by atoms with Crippen molar-refractivity contribution in [2.75, 3.05) is 4.90 Å². The molecule has 0 saturated heterocycles. The molecule has 11 rings (SSSR count). The lowest BCUT2D eigenvalue weighted by Crippen LogP contribution is -2.11. The number of thiophene rings is 1. The average molecular weight is 756 g/mol. The molecule has 11 aromatic rings. The van der Waals surface area contributed by atoms with Crippen LogP contribution >= 0.6 is 11.3 Å². The molecule has 2 heteroatoms. The third-order valence-corrected chi connectivity index (χ3v) is 12.6. The molecule has 0 unspecified atom stereocenters. The number of rotatable bonds is 7. The minimum atomic E-state index is 1.10. The number of hydrogen-bond donors (Lipinski definition) is 0. The summed E-state index contributed by atoms with van der Waals surface area (Å²) in [6.07, 6.45) is 0. The summed E-state index contributed by atoms with van der Waals surface area (Å²) < 4.78 is 2.56. The second-order valence-corrected chi connectivity index (χ2v) is 16.0. The molecule has 0 N–H and O–H groups in total. The zero-order chi connectivity index (χ0) is 38.4. The van der Waals surface area contributed by atoms with Gasteiger partial charge in [0, 0.05) is 26.7 Å². The van der Waals surface area contributed by atoms with Gasteiger partial charge in [-0.25, -0.2) is 0 Å². The fraction of sp³-hybridized carbons (Fsp3) is 0. The first-order valence-corrected chi connectivity index (χ1v) is 20.6. The molecular formula is C56H37NS. The van der Waals surface area contributed by atoms with Crippen molar-refractivity contribution in [3.63, 3.8) is 0 Å². The van der Waals surface area contributed by atoms with Gasteiger partial charge in [-0.2, -0.15) is 0 Å². The highest BCUT2D eigenvalue weighted by Crippen LogP contribution is 2.48. The Morgan fingerprint density at radius 2 is 0.810 bits per heavy atom. The van der Waals surface area contributed by atoms with Crippen LogP contribution in [0.2, 0.25) is 0 Å². The third kappa shape index (κ3) is 6.12. The molecule has 1 heterocycles. The van der Waals surface area contributed by atoms with Crippen LogP contribution in [-0.4, -0.2) is 0 Å². The van der Waals surface area contributed by atoms with E-state index in [2.05, 4.69) is 229 Å². The lowest BCUT2D eigenvalue weighted by Gasteiger charge is -2.29. The number of nitrogens with zero attached hydrogens (tertiary/aromatic N) is 1. The van der Waals surface area contributed by atoms with Crippen molar-refractivity contribution in [2.24, 2.45) is 0 Å². The number of hydrogen-bond acceptors (Lipinski definition) is 2. The van der Waals surface area contributed by atoms with E-state index in [-0.39, 0.29) is 0 Å². The predicted octanol–water partition coefficient (Wildman–Crippen LogP) is 16.5. The van der Waals surface area contributed by atoms with Crippen molar-refractivity contribution in [2.45, 2.75) is 0 Å². The Hall–Kier alpha value is -7.26. The van der Waals surface area contributed by atoms with Crippen molar-refractivity contribution in [1.29, 1.82) is 0 Å². The van der Waals surface area contributed by atoms with Crippen molar-refractivity contribution >= 4 is 70.1 Å². The smallest absolute Gasteiger partial charge is 0.0640 e. The SMILES string of the molecule is c1ccc(-c2ccc(-c3ccc4ccccc4c3)cc2N(c2ccc(-c3cccc(-c4ccc5ccccc5c4)c3)cc2)c2cccc3c2sc2ccccc23)cc1. The summed E-state index contributed by atoms with van der Waals surface area (Å²) in [4.78, 5) is 2.49. The van der Waals surface area contributed by atoms with E-state index in [1.54, 1.807) is 0 Å². The molecule has 0 aliphatic heterocycles. The van der Waals surface area contributed by atoms with Crippen LogP contribution in [0.4, 0.5) is 17.1 Å². The molecule has 0 aliphatic carbocycles. The van der Waals surface area contributed by atoms with Crippen LogP contribution in [0.1, 0.15) is 0 Å². The molecule has 0 atom stereocenters. The van der Waals surface area contributed by atoms with Crippen molar-refractivity contribution in [3.8, 4) is 44.5 Å². The topological polar surface area (TPSA) is 3.24 Å². The fourth-order valence-electron chi connectivity index (χ4n) is 8.49. The Kier molecular flexibility index (Phi) is 8.42. The highest BCUT2D eigenvalue weighted by Gasteiger charge is 2.22. The highest BCUT2D eigenvalue weighted by molar-refractivity contribution is 7.26. The minimum Gasteiger partial charge on any atom is -0.308 e. The van der Waals surface area contributed by atoms with E-state index >= 15 is 0 Å². The zero-order valence-corrected chi connectivity index (χ0v) is 32.5. The first kappa shape index (κ1) is 34.0. The van der Waals surface area contributed by atoms with Gasteiger partial charge in [0.1, 0.15) is 0 Å². The lowest BCUT2D eigenvalue weighted by atomic mass is 9.95.